The van der Waals surface area contributed by atoms with Crippen LogP contribution in [0, 0.1) is 0 Å². The molecule has 1 amide bonds. The van der Waals surface area contributed by atoms with Crippen LogP contribution < -0.4 is 11.0 Å². The van der Waals surface area contributed by atoms with Crippen LogP contribution in [0.1, 0.15) is 11.3 Å². The van der Waals surface area contributed by atoms with Gasteiger partial charge in [0.15, 0.2) is 0 Å². The van der Waals surface area contributed by atoms with Gasteiger partial charge in [0, 0.05) is 10.9 Å². The first-order valence-corrected chi connectivity index (χ1v) is 9.57. The van der Waals surface area contributed by atoms with Crippen molar-refractivity contribution in [3.05, 3.63) is 81.8 Å². The smallest absolute Gasteiger partial charge is 0.273 e. The van der Waals surface area contributed by atoms with Crippen molar-refractivity contribution in [1.82, 2.24) is 14.6 Å². The van der Waals surface area contributed by atoms with E-state index in [1.54, 1.807) is 29.6 Å². The molecule has 30 heavy (non-hydrogen) atoms. The summed E-state index contributed by atoms with van der Waals surface area (Å²) in [5.41, 5.74) is 2.81. The topological polar surface area (TPSA) is 76.9 Å². The highest BCUT2D eigenvalue weighted by Gasteiger charge is 2.30. The van der Waals surface area contributed by atoms with E-state index in [1.165, 1.54) is 29.8 Å². The number of carbonyl (C=O) groups excluding carboxylic acids is 1. The van der Waals surface area contributed by atoms with Gasteiger partial charge in [-0.2, -0.15) is 13.2 Å². The van der Waals surface area contributed by atoms with Crippen LogP contribution in [-0.2, 0) is 17.4 Å². The number of amides is 1. The van der Waals surface area contributed by atoms with Crippen molar-refractivity contribution >= 4 is 28.1 Å². The molecule has 2 aromatic carbocycles. The summed E-state index contributed by atoms with van der Waals surface area (Å²) in [6.45, 7) is 0. The Kier molecular flexibility index (Phi) is 5.08. The van der Waals surface area contributed by atoms with Crippen LogP contribution in [0.5, 0.6) is 0 Å². The van der Waals surface area contributed by atoms with Crippen molar-refractivity contribution in [2.75, 3.05) is 5.43 Å². The SMILES string of the molecule is O=C(Cc1csc(-c2ccc(C(F)(F)F)cc2)n1)Nn1cnc2ccccc2c1=O. The Morgan fingerprint density at radius 2 is 1.83 bits per heavy atom. The monoisotopic (exact) mass is 430 g/mol. The molecule has 0 radical (unpaired) electrons. The number of fused-ring (bicyclic) bond motifs is 1. The fourth-order valence-corrected chi connectivity index (χ4v) is 3.64. The maximum absolute atomic E-state index is 12.7. The van der Waals surface area contributed by atoms with Crippen LogP contribution in [0.2, 0.25) is 0 Å². The van der Waals surface area contributed by atoms with E-state index in [-0.39, 0.29) is 6.42 Å². The average Bonchev–Trinajstić information content (AvgIpc) is 3.18. The summed E-state index contributed by atoms with van der Waals surface area (Å²) in [7, 11) is 0. The quantitative estimate of drug-likeness (QED) is 0.534. The van der Waals surface area contributed by atoms with Crippen molar-refractivity contribution in [1.29, 1.82) is 0 Å². The van der Waals surface area contributed by atoms with Crippen molar-refractivity contribution in [2.45, 2.75) is 12.6 Å². The molecule has 152 valence electrons. The van der Waals surface area contributed by atoms with Crippen molar-refractivity contribution in [3.8, 4) is 10.6 Å². The lowest BCUT2D eigenvalue weighted by molar-refractivity contribution is -0.137. The van der Waals surface area contributed by atoms with Crippen molar-refractivity contribution in [2.24, 2.45) is 0 Å². The summed E-state index contributed by atoms with van der Waals surface area (Å²) >= 11 is 1.22. The minimum atomic E-state index is -4.40. The highest BCUT2D eigenvalue weighted by Crippen LogP contribution is 2.31. The third kappa shape index (κ3) is 4.08. The van der Waals surface area contributed by atoms with Gasteiger partial charge >= 0.3 is 6.18 Å². The predicted molar refractivity (Wildman–Crippen MR) is 107 cm³/mol. The number of alkyl halides is 3. The Morgan fingerprint density at radius 1 is 1.10 bits per heavy atom. The number of thiazole rings is 1. The molecule has 6 nitrogen and oxygen atoms in total. The van der Waals surface area contributed by atoms with Crippen LogP contribution in [0.15, 0.2) is 65.0 Å². The van der Waals surface area contributed by atoms with E-state index < -0.39 is 23.2 Å². The maximum Gasteiger partial charge on any atom is 0.416 e. The molecule has 2 aromatic heterocycles. The lowest BCUT2D eigenvalue weighted by Crippen LogP contribution is -2.34. The number of carbonyl (C=O) groups is 1. The van der Waals surface area contributed by atoms with Gasteiger partial charge in [-0.3, -0.25) is 15.0 Å². The first-order valence-electron chi connectivity index (χ1n) is 8.69. The standard InChI is InChI=1S/C20H13F3N4O2S/c21-20(22,23)13-7-5-12(6-8-13)18-25-14(10-30-18)9-17(28)26-27-11-24-16-4-2-1-3-15(16)19(27)29/h1-8,10-11H,9H2,(H,26,28). The number of rotatable bonds is 4. The number of benzene rings is 2. The second-order valence-electron chi connectivity index (χ2n) is 6.37. The average molecular weight is 430 g/mol. The van der Waals surface area contributed by atoms with Crippen molar-refractivity contribution in [3.63, 3.8) is 0 Å². The summed E-state index contributed by atoms with van der Waals surface area (Å²) in [5.74, 6) is -0.474. The minimum Gasteiger partial charge on any atom is -0.273 e. The fourth-order valence-electron chi connectivity index (χ4n) is 2.81. The first kappa shape index (κ1) is 19.8. The van der Waals surface area contributed by atoms with Gasteiger partial charge in [0.2, 0.25) is 5.91 Å². The van der Waals surface area contributed by atoms with Gasteiger partial charge in [0.05, 0.1) is 28.6 Å². The molecule has 0 atom stereocenters. The Bertz CT molecular complexity index is 1280. The van der Waals surface area contributed by atoms with Crippen LogP contribution in [0.25, 0.3) is 21.5 Å². The highest BCUT2D eigenvalue weighted by atomic mass is 32.1. The van der Waals surface area contributed by atoms with E-state index in [4.69, 9.17) is 0 Å². The molecule has 4 aromatic rings. The van der Waals surface area contributed by atoms with Crippen LogP contribution in [0.4, 0.5) is 13.2 Å². The Labute approximate surface area is 171 Å². The van der Waals surface area contributed by atoms with Gasteiger partial charge in [-0.25, -0.2) is 14.6 Å². The molecule has 0 saturated carbocycles. The van der Waals surface area contributed by atoms with E-state index in [2.05, 4.69) is 15.4 Å². The molecule has 0 unspecified atom stereocenters. The lowest BCUT2D eigenvalue weighted by atomic mass is 10.1. The zero-order valence-electron chi connectivity index (χ0n) is 15.2. The molecule has 0 spiro atoms. The van der Waals surface area contributed by atoms with E-state index in [1.807, 2.05) is 0 Å². The largest absolute Gasteiger partial charge is 0.416 e. The Hall–Kier alpha value is -3.53. The third-order valence-electron chi connectivity index (χ3n) is 4.26. The molecule has 2 heterocycles. The molecule has 0 aliphatic heterocycles. The number of aromatic nitrogens is 3. The van der Waals surface area contributed by atoms with Crippen LogP contribution >= 0.6 is 11.3 Å². The van der Waals surface area contributed by atoms with Gasteiger partial charge in [-0.1, -0.05) is 24.3 Å². The summed E-state index contributed by atoms with van der Waals surface area (Å²) in [6.07, 6.45) is -3.27. The molecule has 0 fully saturated rings. The molecule has 0 aliphatic rings. The molecule has 10 heteroatoms. The van der Waals surface area contributed by atoms with E-state index in [0.29, 0.717) is 27.2 Å². The molecule has 1 N–H and O–H groups in total. The van der Waals surface area contributed by atoms with Gasteiger partial charge in [-0.15, -0.1) is 11.3 Å². The Balaban J connectivity index is 1.47. The summed E-state index contributed by atoms with van der Waals surface area (Å²) in [4.78, 5) is 33.2. The minimum absolute atomic E-state index is 0.101. The number of para-hydroxylation sites is 1. The number of nitrogens with zero attached hydrogens (tertiary/aromatic N) is 3. The zero-order chi connectivity index (χ0) is 21.3. The third-order valence-corrected chi connectivity index (χ3v) is 5.20. The van der Waals surface area contributed by atoms with E-state index in [9.17, 15) is 22.8 Å². The maximum atomic E-state index is 12.7. The van der Waals surface area contributed by atoms with E-state index >= 15 is 0 Å². The zero-order valence-corrected chi connectivity index (χ0v) is 16.0. The Morgan fingerprint density at radius 3 is 2.57 bits per heavy atom. The second-order valence-corrected chi connectivity index (χ2v) is 7.23. The number of hydrogen-bond donors (Lipinski definition) is 1. The van der Waals surface area contributed by atoms with Gasteiger partial charge < -0.3 is 0 Å². The molecular weight excluding hydrogens is 417 g/mol. The molecular formula is C20H13F3N4O2S. The number of nitrogens with one attached hydrogen (secondary N) is 1. The van der Waals surface area contributed by atoms with Gasteiger partial charge in [0.1, 0.15) is 11.3 Å². The number of halogens is 3. The molecule has 0 aliphatic carbocycles. The van der Waals surface area contributed by atoms with E-state index in [0.717, 1.165) is 16.8 Å². The summed E-state index contributed by atoms with van der Waals surface area (Å²) < 4.78 is 39.0. The number of hydrogen-bond acceptors (Lipinski definition) is 5. The second kappa shape index (κ2) is 7.71. The van der Waals surface area contributed by atoms with Gasteiger partial charge in [0.25, 0.3) is 5.56 Å². The normalized spacial score (nSPS) is 11.6. The van der Waals surface area contributed by atoms with Gasteiger partial charge in [-0.05, 0) is 24.3 Å². The molecule has 4 rings (SSSR count). The lowest BCUT2D eigenvalue weighted by Gasteiger charge is -2.07. The van der Waals surface area contributed by atoms with Crippen LogP contribution in [0.3, 0.4) is 0 Å². The molecule has 0 saturated heterocycles. The first-order chi connectivity index (χ1) is 14.3. The predicted octanol–water partition coefficient (Wildman–Crippen LogP) is 3.85. The van der Waals surface area contributed by atoms with Crippen molar-refractivity contribution < 1.29 is 18.0 Å². The fraction of sp³-hybridized carbons (Fsp3) is 0.100. The summed E-state index contributed by atoms with van der Waals surface area (Å²) in [6, 6.07) is 11.4. The summed E-state index contributed by atoms with van der Waals surface area (Å²) in [5, 5.41) is 2.52. The highest BCUT2D eigenvalue weighted by molar-refractivity contribution is 7.13. The molecule has 0 bridgehead atoms. The van der Waals surface area contributed by atoms with Crippen LogP contribution in [-0.4, -0.2) is 20.6 Å².